The van der Waals surface area contributed by atoms with Crippen LogP contribution in [0.2, 0.25) is 0 Å². The highest BCUT2D eigenvalue weighted by Crippen LogP contribution is 2.04. The topological polar surface area (TPSA) is 72.9 Å². The normalized spacial score (nSPS) is 10.4. The van der Waals surface area contributed by atoms with Gasteiger partial charge in [0.1, 0.15) is 0 Å². The van der Waals surface area contributed by atoms with E-state index in [0.717, 1.165) is 18.5 Å². The second-order valence-corrected chi connectivity index (χ2v) is 4.28. The van der Waals surface area contributed by atoms with Crippen molar-refractivity contribution in [1.29, 1.82) is 0 Å². The van der Waals surface area contributed by atoms with E-state index in [-0.39, 0.29) is 5.91 Å². The van der Waals surface area contributed by atoms with Crippen LogP contribution in [0.25, 0.3) is 0 Å². The SMILES string of the molecule is NCc1cccc(C(=O)NCCCn2cccn2)c1. The van der Waals surface area contributed by atoms with Crippen LogP contribution < -0.4 is 11.1 Å². The predicted octanol–water partition coefficient (Wildman–Crippen LogP) is 1.16. The van der Waals surface area contributed by atoms with Crippen LogP contribution in [0, 0.1) is 0 Å². The van der Waals surface area contributed by atoms with Gasteiger partial charge in [-0.1, -0.05) is 12.1 Å². The molecule has 1 aromatic heterocycles. The lowest BCUT2D eigenvalue weighted by molar-refractivity contribution is 0.0952. The molecule has 0 atom stereocenters. The first-order chi connectivity index (χ1) is 9.29. The molecular weight excluding hydrogens is 240 g/mol. The first-order valence-corrected chi connectivity index (χ1v) is 6.34. The minimum absolute atomic E-state index is 0.0595. The summed E-state index contributed by atoms with van der Waals surface area (Å²) in [5.41, 5.74) is 7.17. The summed E-state index contributed by atoms with van der Waals surface area (Å²) in [5, 5.41) is 7.00. The van der Waals surface area contributed by atoms with E-state index in [1.165, 1.54) is 0 Å². The van der Waals surface area contributed by atoms with Crippen LogP contribution >= 0.6 is 0 Å². The number of amides is 1. The van der Waals surface area contributed by atoms with Gasteiger partial charge in [-0.15, -0.1) is 0 Å². The van der Waals surface area contributed by atoms with Crippen molar-refractivity contribution in [2.45, 2.75) is 19.5 Å². The van der Waals surface area contributed by atoms with Crippen LogP contribution in [0.1, 0.15) is 22.3 Å². The summed E-state index contributed by atoms with van der Waals surface area (Å²) in [4.78, 5) is 11.9. The minimum Gasteiger partial charge on any atom is -0.352 e. The highest BCUT2D eigenvalue weighted by molar-refractivity contribution is 5.94. The summed E-state index contributed by atoms with van der Waals surface area (Å²) in [5.74, 6) is -0.0595. The number of nitrogens with zero attached hydrogens (tertiary/aromatic N) is 2. The summed E-state index contributed by atoms with van der Waals surface area (Å²) in [6.07, 6.45) is 4.51. The molecule has 0 aliphatic carbocycles. The number of nitrogens with one attached hydrogen (secondary N) is 1. The van der Waals surface area contributed by atoms with Crippen molar-refractivity contribution in [3.8, 4) is 0 Å². The Hall–Kier alpha value is -2.14. The summed E-state index contributed by atoms with van der Waals surface area (Å²) < 4.78 is 1.85. The molecule has 5 nitrogen and oxygen atoms in total. The molecular formula is C14H18N4O. The molecule has 0 bridgehead atoms. The molecule has 1 amide bonds. The van der Waals surface area contributed by atoms with E-state index in [1.807, 2.05) is 35.1 Å². The second kappa shape index (κ2) is 6.70. The maximum Gasteiger partial charge on any atom is 0.251 e. The number of carbonyl (C=O) groups excluding carboxylic acids is 1. The molecule has 0 radical (unpaired) electrons. The molecule has 1 aromatic carbocycles. The van der Waals surface area contributed by atoms with Gasteiger partial charge >= 0.3 is 0 Å². The Morgan fingerprint density at radius 1 is 1.37 bits per heavy atom. The quantitative estimate of drug-likeness (QED) is 0.764. The first kappa shape index (κ1) is 13.3. The number of nitrogens with two attached hydrogens (primary N) is 1. The number of aryl methyl sites for hydroxylation is 1. The van der Waals surface area contributed by atoms with Gasteiger partial charge in [-0.05, 0) is 30.2 Å². The minimum atomic E-state index is -0.0595. The third kappa shape index (κ3) is 3.93. The molecule has 2 rings (SSSR count). The molecule has 0 saturated heterocycles. The fourth-order valence-electron chi connectivity index (χ4n) is 1.82. The monoisotopic (exact) mass is 258 g/mol. The molecule has 0 aliphatic heterocycles. The fraction of sp³-hybridized carbons (Fsp3) is 0.286. The van der Waals surface area contributed by atoms with E-state index in [2.05, 4.69) is 10.4 Å². The Kier molecular flexibility index (Phi) is 4.69. The lowest BCUT2D eigenvalue weighted by atomic mass is 10.1. The largest absolute Gasteiger partial charge is 0.352 e. The van der Waals surface area contributed by atoms with E-state index in [4.69, 9.17) is 5.73 Å². The van der Waals surface area contributed by atoms with Gasteiger partial charge in [-0.3, -0.25) is 9.48 Å². The summed E-state index contributed by atoms with van der Waals surface area (Å²) in [7, 11) is 0. The van der Waals surface area contributed by atoms with Crippen molar-refractivity contribution in [2.75, 3.05) is 6.54 Å². The standard InChI is InChI=1S/C14H18N4O/c15-11-12-4-1-5-13(10-12)14(19)16-6-2-8-18-9-3-7-17-18/h1,3-5,7,9-10H,2,6,8,11,15H2,(H,16,19). The van der Waals surface area contributed by atoms with Crippen LogP contribution in [-0.4, -0.2) is 22.2 Å². The molecule has 0 fully saturated rings. The van der Waals surface area contributed by atoms with Gasteiger partial charge in [0.2, 0.25) is 0 Å². The average Bonchev–Trinajstić information content (AvgIpc) is 2.96. The van der Waals surface area contributed by atoms with Crippen LogP contribution in [-0.2, 0) is 13.1 Å². The Balaban J connectivity index is 1.77. The van der Waals surface area contributed by atoms with Crippen molar-refractivity contribution in [3.05, 3.63) is 53.9 Å². The number of rotatable bonds is 6. The fourth-order valence-corrected chi connectivity index (χ4v) is 1.82. The molecule has 2 aromatic rings. The van der Waals surface area contributed by atoms with Gasteiger partial charge in [0, 0.05) is 37.6 Å². The first-order valence-electron chi connectivity index (χ1n) is 6.34. The van der Waals surface area contributed by atoms with E-state index >= 15 is 0 Å². The number of benzene rings is 1. The highest BCUT2D eigenvalue weighted by Gasteiger charge is 2.04. The predicted molar refractivity (Wildman–Crippen MR) is 73.5 cm³/mol. The van der Waals surface area contributed by atoms with Crippen molar-refractivity contribution in [1.82, 2.24) is 15.1 Å². The molecule has 3 N–H and O–H groups in total. The van der Waals surface area contributed by atoms with Crippen LogP contribution in [0.5, 0.6) is 0 Å². The van der Waals surface area contributed by atoms with Gasteiger partial charge in [0.15, 0.2) is 0 Å². The molecule has 0 aliphatic rings. The number of hydrogen-bond donors (Lipinski definition) is 2. The number of carbonyl (C=O) groups is 1. The number of hydrogen-bond acceptors (Lipinski definition) is 3. The maximum absolute atomic E-state index is 11.9. The molecule has 1 heterocycles. The zero-order valence-electron chi connectivity index (χ0n) is 10.7. The highest BCUT2D eigenvalue weighted by atomic mass is 16.1. The Bertz CT molecular complexity index is 522. The van der Waals surface area contributed by atoms with Gasteiger partial charge in [0.05, 0.1) is 0 Å². The smallest absolute Gasteiger partial charge is 0.251 e. The van der Waals surface area contributed by atoms with Crippen molar-refractivity contribution < 1.29 is 4.79 Å². The third-order valence-corrected chi connectivity index (χ3v) is 2.83. The molecule has 0 unspecified atom stereocenters. The summed E-state index contributed by atoms with van der Waals surface area (Å²) >= 11 is 0. The van der Waals surface area contributed by atoms with Gasteiger partial charge < -0.3 is 11.1 Å². The third-order valence-electron chi connectivity index (χ3n) is 2.83. The second-order valence-electron chi connectivity index (χ2n) is 4.28. The van der Waals surface area contributed by atoms with E-state index < -0.39 is 0 Å². The van der Waals surface area contributed by atoms with Crippen LogP contribution in [0.4, 0.5) is 0 Å². The Morgan fingerprint density at radius 3 is 3.00 bits per heavy atom. The zero-order chi connectivity index (χ0) is 13.5. The molecule has 100 valence electrons. The number of aromatic nitrogens is 2. The summed E-state index contributed by atoms with van der Waals surface area (Å²) in [6.45, 7) is 1.88. The molecule has 5 heteroatoms. The van der Waals surface area contributed by atoms with E-state index in [1.54, 1.807) is 12.3 Å². The van der Waals surface area contributed by atoms with Crippen LogP contribution in [0.3, 0.4) is 0 Å². The van der Waals surface area contributed by atoms with Gasteiger partial charge in [0.25, 0.3) is 5.91 Å². The lowest BCUT2D eigenvalue weighted by Gasteiger charge is -2.06. The average molecular weight is 258 g/mol. The lowest BCUT2D eigenvalue weighted by Crippen LogP contribution is -2.25. The maximum atomic E-state index is 11.9. The van der Waals surface area contributed by atoms with Crippen LogP contribution in [0.15, 0.2) is 42.7 Å². The Morgan fingerprint density at radius 2 is 2.26 bits per heavy atom. The zero-order valence-corrected chi connectivity index (χ0v) is 10.7. The van der Waals surface area contributed by atoms with Crippen molar-refractivity contribution in [2.24, 2.45) is 5.73 Å². The van der Waals surface area contributed by atoms with Crippen molar-refractivity contribution in [3.63, 3.8) is 0 Å². The van der Waals surface area contributed by atoms with E-state index in [9.17, 15) is 4.79 Å². The van der Waals surface area contributed by atoms with Gasteiger partial charge in [-0.25, -0.2) is 0 Å². The molecule has 0 spiro atoms. The van der Waals surface area contributed by atoms with Crippen molar-refractivity contribution >= 4 is 5.91 Å². The van der Waals surface area contributed by atoms with E-state index in [0.29, 0.717) is 18.7 Å². The summed E-state index contributed by atoms with van der Waals surface area (Å²) in [6, 6.07) is 9.26. The molecule has 0 saturated carbocycles. The van der Waals surface area contributed by atoms with Gasteiger partial charge in [-0.2, -0.15) is 5.10 Å². The molecule has 19 heavy (non-hydrogen) atoms. The Labute approximate surface area is 112 Å².